The molecule has 13 heteroatoms. The lowest BCUT2D eigenvalue weighted by Gasteiger charge is -2.38. The molecule has 0 aliphatic carbocycles. The van der Waals surface area contributed by atoms with Gasteiger partial charge < -0.3 is 19.9 Å². The quantitative estimate of drug-likeness (QED) is 0.314. The zero-order valence-electron chi connectivity index (χ0n) is 22.6. The predicted molar refractivity (Wildman–Crippen MR) is 156 cm³/mol. The van der Waals surface area contributed by atoms with Crippen molar-refractivity contribution in [2.24, 2.45) is 0 Å². The lowest BCUT2D eigenvalue weighted by Crippen LogP contribution is -2.47. The normalized spacial score (nSPS) is 20.4. The number of benzene rings is 3. The van der Waals surface area contributed by atoms with Gasteiger partial charge in [0.1, 0.15) is 18.5 Å². The lowest BCUT2D eigenvalue weighted by molar-refractivity contribution is -0.0312. The van der Waals surface area contributed by atoms with Gasteiger partial charge in [-0.1, -0.05) is 29.8 Å². The van der Waals surface area contributed by atoms with Crippen molar-refractivity contribution >= 4 is 42.4 Å². The summed E-state index contributed by atoms with van der Waals surface area (Å²) in [6.07, 6.45) is 1.08. The molecule has 5 rings (SSSR count). The second kappa shape index (κ2) is 12.1. The maximum atomic E-state index is 13.4. The van der Waals surface area contributed by atoms with Crippen LogP contribution in [0.5, 0.6) is 5.75 Å². The van der Waals surface area contributed by atoms with Gasteiger partial charge in [0.2, 0.25) is 20.0 Å². The predicted octanol–water partition coefficient (Wildman–Crippen LogP) is 2.74. The molecule has 0 radical (unpaired) electrons. The molecule has 1 spiro atoms. The highest BCUT2D eigenvalue weighted by Gasteiger charge is 2.44. The second-order valence-corrected chi connectivity index (χ2v) is 14.8. The Bertz CT molecular complexity index is 1610. The van der Waals surface area contributed by atoms with Crippen LogP contribution in [0.3, 0.4) is 0 Å². The van der Waals surface area contributed by atoms with E-state index in [2.05, 4.69) is 10.0 Å². The summed E-state index contributed by atoms with van der Waals surface area (Å²) < 4.78 is 66.2. The molecule has 0 aromatic heterocycles. The summed E-state index contributed by atoms with van der Waals surface area (Å²) in [5, 5.41) is 16.1. The first-order valence-corrected chi connectivity index (χ1v) is 16.7. The molecule has 222 valence electrons. The summed E-state index contributed by atoms with van der Waals surface area (Å²) in [5.41, 5.74) is -0.398. The Kier molecular flexibility index (Phi) is 8.93. The number of ether oxygens (including phenoxy) is 2. The molecule has 10 nitrogen and oxygen atoms in total. The zero-order chi connectivity index (χ0) is 29.3. The standard InChI is InChI=1S/C28H34ClN3O7S2/c1-30-40(34,35)26-4-2-3-25(15-26)38-19-24(33)17-31-23-16-28(39-18-23)9-11-32(12-10-28)41(36,37)27-8-6-20-13-22(29)7-5-21(20)14-27/h2-8,13-15,23-24,30-31,33H,9-12,16-19H2,1H3/t23?,24-/m0/s1. The maximum absolute atomic E-state index is 13.4. The number of aliphatic hydroxyl groups excluding tert-OH is 1. The number of hydrogen-bond acceptors (Lipinski definition) is 8. The van der Waals surface area contributed by atoms with Crippen LogP contribution in [0.4, 0.5) is 0 Å². The van der Waals surface area contributed by atoms with Crippen LogP contribution < -0.4 is 14.8 Å². The summed E-state index contributed by atoms with van der Waals surface area (Å²) in [4.78, 5) is 0.349. The Morgan fingerprint density at radius 1 is 1.05 bits per heavy atom. The molecule has 2 fully saturated rings. The summed E-state index contributed by atoms with van der Waals surface area (Å²) in [5.74, 6) is 0.346. The summed E-state index contributed by atoms with van der Waals surface area (Å²) in [7, 11) is -5.89. The maximum Gasteiger partial charge on any atom is 0.243 e. The van der Waals surface area contributed by atoms with Gasteiger partial charge >= 0.3 is 0 Å². The van der Waals surface area contributed by atoms with Gasteiger partial charge in [-0.05, 0) is 73.5 Å². The average molecular weight is 624 g/mol. The van der Waals surface area contributed by atoms with Crippen molar-refractivity contribution in [3.05, 3.63) is 65.7 Å². The van der Waals surface area contributed by atoms with Gasteiger partial charge in [-0.3, -0.25) is 0 Å². The van der Waals surface area contributed by atoms with E-state index < -0.39 is 31.8 Å². The molecule has 1 unspecified atom stereocenters. The van der Waals surface area contributed by atoms with Crippen molar-refractivity contribution in [3.8, 4) is 5.75 Å². The molecular weight excluding hydrogens is 590 g/mol. The third kappa shape index (κ3) is 6.86. The first kappa shape index (κ1) is 30.2. The highest BCUT2D eigenvalue weighted by atomic mass is 35.5. The van der Waals surface area contributed by atoms with Crippen molar-refractivity contribution in [3.63, 3.8) is 0 Å². The number of sulfonamides is 2. The fourth-order valence-electron chi connectivity index (χ4n) is 5.37. The fourth-order valence-corrected chi connectivity index (χ4v) is 7.79. The smallest absolute Gasteiger partial charge is 0.243 e. The first-order chi connectivity index (χ1) is 19.5. The van der Waals surface area contributed by atoms with Crippen LogP contribution >= 0.6 is 11.6 Å². The molecular formula is C28H34ClN3O7S2. The topological polar surface area (TPSA) is 134 Å². The van der Waals surface area contributed by atoms with Crippen LogP contribution in [-0.4, -0.2) is 83.9 Å². The van der Waals surface area contributed by atoms with Crippen LogP contribution in [0.25, 0.3) is 10.8 Å². The van der Waals surface area contributed by atoms with E-state index in [-0.39, 0.29) is 29.0 Å². The van der Waals surface area contributed by atoms with Gasteiger partial charge in [0, 0.05) is 36.8 Å². The Labute approximate surface area is 245 Å². The molecule has 0 bridgehead atoms. The van der Waals surface area contributed by atoms with Crippen molar-refractivity contribution in [2.45, 2.75) is 46.8 Å². The Balaban J connectivity index is 1.10. The highest BCUT2D eigenvalue weighted by molar-refractivity contribution is 7.89. The molecule has 2 heterocycles. The summed E-state index contributed by atoms with van der Waals surface area (Å²) >= 11 is 6.05. The highest BCUT2D eigenvalue weighted by Crippen LogP contribution is 2.37. The number of nitrogens with one attached hydrogen (secondary N) is 2. The van der Waals surface area contributed by atoms with E-state index in [1.54, 1.807) is 36.4 Å². The minimum Gasteiger partial charge on any atom is -0.491 e. The molecule has 3 aromatic rings. The van der Waals surface area contributed by atoms with E-state index in [4.69, 9.17) is 21.1 Å². The van der Waals surface area contributed by atoms with Crippen LogP contribution in [0.2, 0.25) is 5.02 Å². The number of nitrogens with zero attached hydrogens (tertiary/aromatic N) is 1. The lowest BCUT2D eigenvalue weighted by atomic mass is 9.88. The number of halogens is 1. The van der Waals surface area contributed by atoms with Crippen molar-refractivity contribution < 1.29 is 31.4 Å². The largest absolute Gasteiger partial charge is 0.491 e. The Morgan fingerprint density at radius 3 is 2.54 bits per heavy atom. The van der Waals surface area contributed by atoms with E-state index >= 15 is 0 Å². The Hall–Kier alpha value is -2.29. The van der Waals surface area contributed by atoms with Gasteiger partial charge in [0.15, 0.2) is 0 Å². The van der Waals surface area contributed by atoms with Gasteiger partial charge in [-0.15, -0.1) is 0 Å². The number of hydrogen-bond donors (Lipinski definition) is 3. The summed E-state index contributed by atoms with van der Waals surface area (Å²) in [6.45, 7) is 1.46. The monoisotopic (exact) mass is 623 g/mol. The van der Waals surface area contributed by atoms with E-state index in [1.165, 1.54) is 23.5 Å². The fraction of sp³-hybridized carbons (Fsp3) is 0.429. The van der Waals surface area contributed by atoms with Crippen LogP contribution in [0.15, 0.2) is 70.5 Å². The number of rotatable bonds is 10. The van der Waals surface area contributed by atoms with Gasteiger partial charge in [0.05, 0.1) is 22.0 Å². The zero-order valence-corrected chi connectivity index (χ0v) is 25.0. The average Bonchev–Trinajstić information content (AvgIpc) is 3.37. The van der Waals surface area contributed by atoms with Crippen molar-refractivity contribution in [1.29, 1.82) is 0 Å². The third-order valence-corrected chi connectivity index (χ3v) is 11.3. The van der Waals surface area contributed by atoms with Crippen molar-refractivity contribution in [2.75, 3.05) is 39.9 Å². The third-order valence-electron chi connectivity index (χ3n) is 7.72. The van der Waals surface area contributed by atoms with E-state index in [0.29, 0.717) is 43.3 Å². The minimum atomic E-state index is -3.64. The molecule has 3 aromatic carbocycles. The van der Waals surface area contributed by atoms with E-state index in [0.717, 1.165) is 17.2 Å². The molecule has 2 aliphatic rings. The van der Waals surface area contributed by atoms with Crippen molar-refractivity contribution in [1.82, 2.24) is 14.3 Å². The molecule has 2 atom stereocenters. The molecule has 2 saturated heterocycles. The molecule has 0 amide bonds. The van der Waals surface area contributed by atoms with Gasteiger partial charge in [-0.25, -0.2) is 21.6 Å². The molecule has 0 saturated carbocycles. The summed E-state index contributed by atoms with van der Waals surface area (Å²) in [6, 6.07) is 16.6. The van der Waals surface area contributed by atoms with E-state index in [9.17, 15) is 21.9 Å². The van der Waals surface area contributed by atoms with Gasteiger partial charge in [-0.2, -0.15) is 4.31 Å². The van der Waals surface area contributed by atoms with E-state index in [1.807, 2.05) is 12.1 Å². The van der Waals surface area contributed by atoms with Gasteiger partial charge in [0.25, 0.3) is 0 Å². The second-order valence-electron chi connectivity index (χ2n) is 10.5. The first-order valence-electron chi connectivity index (χ1n) is 13.4. The van der Waals surface area contributed by atoms with Crippen LogP contribution in [-0.2, 0) is 24.8 Å². The number of piperidine rings is 1. The SMILES string of the molecule is CNS(=O)(=O)c1cccc(OC[C@@H](O)CNC2COC3(CCN(S(=O)(=O)c4ccc5cc(Cl)ccc5c4)CC3)C2)c1. The minimum absolute atomic E-state index is 0.0105. The van der Waals surface area contributed by atoms with Crippen LogP contribution in [0, 0.1) is 0 Å². The van der Waals surface area contributed by atoms with Crippen LogP contribution in [0.1, 0.15) is 19.3 Å². The molecule has 3 N–H and O–H groups in total. The number of fused-ring (bicyclic) bond motifs is 1. The molecule has 2 aliphatic heterocycles. The number of aliphatic hydroxyl groups is 1. The Morgan fingerprint density at radius 2 is 1.78 bits per heavy atom. The molecule has 41 heavy (non-hydrogen) atoms.